The molecule has 3 rings (SSSR count). The minimum Gasteiger partial charge on any atom is -0.482 e. The summed E-state index contributed by atoms with van der Waals surface area (Å²) in [4.78, 5) is 23.9. The minimum absolute atomic E-state index is 0.0711. The molecular weight excluding hydrogens is 550 g/mol. The van der Waals surface area contributed by atoms with Crippen LogP contribution in [0.3, 0.4) is 0 Å². The summed E-state index contributed by atoms with van der Waals surface area (Å²) in [6.45, 7) is 1.17. The van der Waals surface area contributed by atoms with Gasteiger partial charge in [-0.1, -0.05) is 33.6 Å². The number of hydrazone groups is 1. The largest absolute Gasteiger partial charge is 0.482 e. The van der Waals surface area contributed by atoms with Gasteiger partial charge < -0.3 is 9.47 Å². The van der Waals surface area contributed by atoms with Crippen molar-refractivity contribution in [3.05, 3.63) is 88.4 Å². The Labute approximate surface area is 217 Å². The van der Waals surface area contributed by atoms with E-state index in [1.165, 1.54) is 25.5 Å². The molecule has 0 aliphatic heterocycles. The van der Waals surface area contributed by atoms with Gasteiger partial charge in [0, 0.05) is 4.47 Å². The number of hydrogen-bond donors (Lipinski definition) is 1. The number of methoxy groups -OCH3 is 1. The lowest BCUT2D eigenvalue weighted by atomic mass is 10.2. The number of carbonyl (C=O) groups excluding carboxylic acids is 2. The topological polar surface area (TPSA) is 114 Å². The predicted molar refractivity (Wildman–Crippen MR) is 140 cm³/mol. The lowest BCUT2D eigenvalue weighted by Gasteiger charge is -2.23. The Balaban J connectivity index is 1.70. The molecule has 0 spiro atoms. The highest BCUT2D eigenvalue weighted by Gasteiger charge is 2.27. The van der Waals surface area contributed by atoms with Crippen LogP contribution in [0.4, 0.5) is 5.69 Å². The van der Waals surface area contributed by atoms with Gasteiger partial charge >= 0.3 is 5.97 Å². The second-order valence-electron chi connectivity index (χ2n) is 7.53. The maximum absolute atomic E-state index is 13.4. The number of nitrogens with zero attached hydrogens (tertiary/aromatic N) is 2. The van der Waals surface area contributed by atoms with E-state index in [0.717, 1.165) is 14.3 Å². The Kier molecular flexibility index (Phi) is 9.20. The second kappa shape index (κ2) is 12.3. The van der Waals surface area contributed by atoms with Crippen LogP contribution in [-0.2, 0) is 24.3 Å². The maximum Gasteiger partial charge on any atom is 0.343 e. The molecule has 0 aliphatic rings. The maximum atomic E-state index is 13.4. The molecule has 3 aromatic carbocycles. The van der Waals surface area contributed by atoms with Crippen LogP contribution in [0.2, 0.25) is 0 Å². The first-order valence-corrected chi connectivity index (χ1v) is 12.9. The van der Waals surface area contributed by atoms with Gasteiger partial charge in [-0.15, -0.1) is 0 Å². The number of rotatable bonds is 10. The van der Waals surface area contributed by atoms with Crippen molar-refractivity contribution in [2.24, 2.45) is 5.10 Å². The third-order valence-electron chi connectivity index (χ3n) is 4.88. The zero-order chi connectivity index (χ0) is 26.1. The van der Waals surface area contributed by atoms with Crippen molar-refractivity contribution in [1.29, 1.82) is 0 Å². The van der Waals surface area contributed by atoms with Gasteiger partial charge in [-0.2, -0.15) is 5.10 Å². The van der Waals surface area contributed by atoms with Crippen molar-refractivity contribution in [2.45, 2.75) is 11.8 Å². The van der Waals surface area contributed by atoms with E-state index >= 15 is 0 Å². The quantitative estimate of drug-likeness (QED) is 0.225. The number of esters is 1. The number of anilines is 1. The number of sulfonamides is 1. The number of amides is 1. The first-order chi connectivity index (χ1) is 17.2. The molecule has 1 amide bonds. The van der Waals surface area contributed by atoms with Crippen molar-refractivity contribution in [3.8, 4) is 5.75 Å². The van der Waals surface area contributed by atoms with E-state index in [2.05, 4.69) is 31.2 Å². The summed E-state index contributed by atoms with van der Waals surface area (Å²) in [6, 6.07) is 19.6. The van der Waals surface area contributed by atoms with Crippen LogP contribution in [0.15, 0.2) is 87.3 Å². The van der Waals surface area contributed by atoms with E-state index < -0.39 is 28.4 Å². The van der Waals surface area contributed by atoms with Crippen molar-refractivity contribution < 1.29 is 27.5 Å². The molecule has 0 radical (unpaired) electrons. The smallest absolute Gasteiger partial charge is 0.343 e. The molecule has 3 aromatic rings. The summed E-state index contributed by atoms with van der Waals surface area (Å²) >= 11 is 3.33. The number of hydrogen-bond acceptors (Lipinski definition) is 7. The van der Waals surface area contributed by atoms with Crippen LogP contribution in [0.5, 0.6) is 5.75 Å². The molecule has 0 heterocycles. The average Bonchev–Trinajstić information content (AvgIpc) is 2.87. The summed E-state index contributed by atoms with van der Waals surface area (Å²) in [5.74, 6) is -0.652. The lowest BCUT2D eigenvalue weighted by Crippen LogP contribution is -2.39. The lowest BCUT2D eigenvalue weighted by molar-refractivity contribution is -0.142. The molecule has 0 bridgehead atoms. The molecule has 9 nitrogen and oxygen atoms in total. The van der Waals surface area contributed by atoms with Gasteiger partial charge in [-0.25, -0.2) is 18.6 Å². The molecule has 36 heavy (non-hydrogen) atoms. The summed E-state index contributed by atoms with van der Waals surface area (Å²) in [6.07, 6.45) is 1.40. The number of ether oxygens (including phenoxy) is 2. The molecule has 11 heteroatoms. The highest BCUT2D eigenvalue weighted by molar-refractivity contribution is 9.10. The molecule has 0 atom stereocenters. The number of nitrogens with one attached hydrogen (secondary N) is 1. The molecular formula is C25H24BrN3O6S. The molecule has 0 aromatic heterocycles. The standard InChI is InChI=1S/C25H24BrN3O6S/c1-18-3-13-23(14-4-18)36(32,33)29(21-9-7-20(26)8-10-21)16-24(30)28-27-15-19-5-11-22(12-6-19)35-17-25(31)34-2/h3-15H,16-17H2,1-2H3,(H,28,30)/b27-15-. The van der Waals surface area contributed by atoms with Gasteiger partial charge in [0.15, 0.2) is 6.61 Å². The van der Waals surface area contributed by atoms with Crippen molar-refractivity contribution in [2.75, 3.05) is 24.6 Å². The van der Waals surface area contributed by atoms with Gasteiger partial charge in [0.25, 0.3) is 15.9 Å². The first kappa shape index (κ1) is 26.9. The van der Waals surface area contributed by atoms with Crippen molar-refractivity contribution in [3.63, 3.8) is 0 Å². The molecule has 0 unspecified atom stereocenters. The SMILES string of the molecule is COC(=O)COc1ccc(/C=N\NC(=O)CN(c2ccc(Br)cc2)S(=O)(=O)c2ccc(C)cc2)cc1. The number of halogens is 1. The molecule has 0 saturated heterocycles. The molecule has 0 aliphatic carbocycles. The summed E-state index contributed by atoms with van der Waals surface area (Å²) < 4.78 is 38.3. The zero-order valence-electron chi connectivity index (χ0n) is 19.5. The Hall–Kier alpha value is -3.70. The van der Waals surface area contributed by atoms with Crippen LogP contribution in [-0.4, -0.2) is 46.8 Å². The van der Waals surface area contributed by atoms with Crippen LogP contribution >= 0.6 is 15.9 Å². The van der Waals surface area contributed by atoms with E-state index in [1.54, 1.807) is 60.7 Å². The van der Waals surface area contributed by atoms with Crippen LogP contribution in [0.25, 0.3) is 0 Å². The molecule has 0 saturated carbocycles. The van der Waals surface area contributed by atoms with Gasteiger partial charge in [0.2, 0.25) is 0 Å². The number of carbonyl (C=O) groups is 2. The van der Waals surface area contributed by atoms with Crippen LogP contribution < -0.4 is 14.5 Å². The Morgan fingerprint density at radius 3 is 2.25 bits per heavy atom. The highest BCUT2D eigenvalue weighted by atomic mass is 79.9. The zero-order valence-corrected chi connectivity index (χ0v) is 22.0. The van der Waals surface area contributed by atoms with Crippen LogP contribution in [0, 0.1) is 6.92 Å². The van der Waals surface area contributed by atoms with E-state index in [-0.39, 0.29) is 11.5 Å². The van der Waals surface area contributed by atoms with Crippen molar-refractivity contribution in [1.82, 2.24) is 5.43 Å². The van der Waals surface area contributed by atoms with Gasteiger partial charge in [-0.05, 0) is 73.2 Å². The highest BCUT2D eigenvalue weighted by Crippen LogP contribution is 2.25. The number of aryl methyl sites for hydroxylation is 1. The fourth-order valence-electron chi connectivity index (χ4n) is 2.96. The Morgan fingerprint density at radius 1 is 1.00 bits per heavy atom. The third kappa shape index (κ3) is 7.40. The van der Waals surface area contributed by atoms with E-state index in [4.69, 9.17) is 4.74 Å². The minimum atomic E-state index is -4.02. The monoisotopic (exact) mass is 573 g/mol. The van der Waals surface area contributed by atoms with E-state index in [1.807, 2.05) is 6.92 Å². The van der Waals surface area contributed by atoms with Gasteiger partial charge in [-0.3, -0.25) is 9.10 Å². The van der Waals surface area contributed by atoms with Gasteiger partial charge in [0.1, 0.15) is 12.3 Å². The number of benzene rings is 3. The Bertz CT molecular complexity index is 1330. The third-order valence-corrected chi connectivity index (χ3v) is 7.19. The predicted octanol–water partition coefficient (Wildman–Crippen LogP) is 3.65. The van der Waals surface area contributed by atoms with Gasteiger partial charge in [0.05, 0.1) is 23.9 Å². The van der Waals surface area contributed by atoms with E-state index in [9.17, 15) is 18.0 Å². The Morgan fingerprint density at radius 2 is 1.64 bits per heavy atom. The second-order valence-corrected chi connectivity index (χ2v) is 10.3. The normalized spacial score (nSPS) is 11.2. The van der Waals surface area contributed by atoms with Crippen molar-refractivity contribution >= 4 is 49.7 Å². The fourth-order valence-corrected chi connectivity index (χ4v) is 4.64. The molecule has 1 N–H and O–H groups in total. The molecule has 188 valence electrons. The average molecular weight is 574 g/mol. The van der Waals surface area contributed by atoms with E-state index in [0.29, 0.717) is 17.0 Å². The summed E-state index contributed by atoms with van der Waals surface area (Å²) in [5, 5.41) is 3.92. The molecule has 0 fully saturated rings. The van der Waals surface area contributed by atoms with Crippen LogP contribution in [0.1, 0.15) is 11.1 Å². The summed E-state index contributed by atoms with van der Waals surface area (Å²) in [7, 11) is -2.74. The first-order valence-electron chi connectivity index (χ1n) is 10.7. The fraction of sp³-hybridized carbons (Fsp3) is 0.160. The summed E-state index contributed by atoms with van der Waals surface area (Å²) in [5.41, 5.74) is 4.26.